The maximum atomic E-state index is 12.3. The normalized spacial score (nSPS) is 18.1. The molecule has 0 aromatic heterocycles. The van der Waals surface area contributed by atoms with E-state index in [-0.39, 0.29) is 11.3 Å². The van der Waals surface area contributed by atoms with E-state index in [0.29, 0.717) is 0 Å². The first-order chi connectivity index (χ1) is 9.00. The number of rotatable bonds is 3. The molecule has 0 spiro atoms. The summed E-state index contributed by atoms with van der Waals surface area (Å²) in [6.07, 6.45) is 6.37. The van der Waals surface area contributed by atoms with E-state index >= 15 is 0 Å². The molecule has 1 aromatic rings. The molecule has 2 nitrogen and oxygen atoms in total. The van der Waals surface area contributed by atoms with E-state index in [1.54, 1.807) is 0 Å². The Morgan fingerprint density at radius 1 is 1.32 bits per heavy atom. The van der Waals surface area contributed by atoms with Gasteiger partial charge in [-0.25, -0.2) is 0 Å². The average Bonchev–Trinajstić information content (AvgIpc) is 2.40. The summed E-state index contributed by atoms with van der Waals surface area (Å²) >= 11 is 3.45. The van der Waals surface area contributed by atoms with E-state index in [9.17, 15) is 4.79 Å². The summed E-state index contributed by atoms with van der Waals surface area (Å²) in [4.78, 5) is 12.3. The number of amides is 1. The van der Waals surface area contributed by atoms with Crippen molar-refractivity contribution in [3.8, 4) is 0 Å². The molecule has 1 amide bonds. The molecule has 0 saturated heterocycles. The monoisotopic (exact) mass is 323 g/mol. The zero-order chi connectivity index (χ0) is 13.9. The van der Waals surface area contributed by atoms with Crippen molar-refractivity contribution in [3.05, 3.63) is 33.8 Å². The quantitative estimate of drug-likeness (QED) is 0.874. The molecule has 3 heteroatoms. The lowest BCUT2D eigenvalue weighted by Crippen LogP contribution is -2.37. The maximum Gasteiger partial charge on any atom is 0.252 e. The van der Waals surface area contributed by atoms with Crippen LogP contribution in [0.4, 0.5) is 0 Å². The fourth-order valence-corrected chi connectivity index (χ4v) is 3.21. The maximum absolute atomic E-state index is 12.3. The molecule has 1 saturated carbocycles. The lowest BCUT2D eigenvalue weighted by atomic mass is 9.76. The molecule has 0 aliphatic heterocycles. The molecule has 1 fully saturated rings. The highest BCUT2D eigenvalue weighted by Crippen LogP contribution is 2.35. The summed E-state index contributed by atoms with van der Waals surface area (Å²) in [6.45, 7) is 5.08. The number of aryl methyl sites for hydroxylation is 1. The Morgan fingerprint density at radius 2 is 2.00 bits per heavy atom. The zero-order valence-electron chi connectivity index (χ0n) is 11.8. The number of nitrogens with one attached hydrogen (secondary N) is 1. The van der Waals surface area contributed by atoms with Gasteiger partial charge in [0.1, 0.15) is 0 Å². The van der Waals surface area contributed by atoms with Crippen LogP contribution in [0.3, 0.4) is 0 Å². The van der Waals surface area contributed by atoms with Gasteiger partial charge < -0.3 is 5.32 Å². The molecule has 1 N–H and O–H groups in total. The van der Waals surface area contributed by atoms with E-state index in [4.69, 9.17) is 0 Å². The minimum atomic E-state index is 0.0300. The van der Waals surface area contributed by atoms with Crippen LogP contribution >= 0.6 is 15.9 Å². The predicted molar refractivity (Wildman–Crippen MR) is 82.4 cm³/mol. The van der Waals surface area contributed by atoms with Crippen molar-refractivity contribution in [3.63, 3.8) is 0 Å². The molecule has 1 aliphatic rings. The molecule has 1 aromatic carbocycles. The summed E-state index contributed by atoms with van der Waals surface area (Å²) in [6, 6.07) is 5.87. The van der Waals surface area contributed by atoms with Crippen molar-refractivity contribution in [1.29, 1.82) is 0 Å². The van der Waals surface area contributed by atoms with E-state index in [1.165, 1.54) is 32.1 Å². The molecule has 0 atom stereocenters. The second-order valence-electron chi connectivity index (χ2n) is 6.04. The van der Waals surface area contributed by atoms with Gasteiger partial charge in [0.05, 0.1) is 5.56 Å². The molecule has 0 bridgehead atoms. The average molecular weight is 324 g/mol. The number of carbonyl (C=O) groups excluding carboxylic acids is 1. The third-order valence-corrected chi connectivity index (χ3v) is 4.79. The van der Waals surface area contributed by atoms with Crippen LogP contribution in [0.25, 0.3) is 0 Å². The fourth-order valence-electron chi connectivity index (χ4n) is 2.78. The highest BCUT2D eigenvalue weighted by atomic mass is 79.9. The lowest BCUT2D eigenvalue weighted by Gasteiger charge is -2.33. The van der Waals surface area contributed by atoms with Crippen molar-refractivity contribution in [2.75, 3.05) is 6.54 Å². The molecule has 2 rings (SSSR count). The first-order valence-electron chi connectivity index (χ1n) is 7.05. The van der Waals surface area contributed by atoms with Crippen molar-refractivity contribution in [2.45, 2.75) is 46.0 Å². The molecular weight excluding hydrogens is 302 g/mol. The van der Waals surface area contributed by atoms with E-state index in [0.717, 1.165) is 22.1 Å². The van der Waals surface area contributed by atoms with Gasteiger partial charge in [-0.1, -0.05) is 37.8 Å². The molecule has 104 valence electrons. The van der Waals surface area contributed by atoms with Crippen molar-refractivity contribution < 1.29 is 4.79 Å². The summed E-state index contributed by atoms with van der Waals surface area (Å²) in [5.41, 5.74) is 2.13. The highest BCUT2D eigenvalue weighted by molar-refractivity contribution is 9.10. The van der Waals surface area contributed by atoms with Crippen LogP contribution in [0.2, 0.25) is 0 Å². The third kappa shape index (κ3) is 3.82. The van der Waals surface area contributed by atoms with Crippen LogP contribution < -0.4 is 5.32 Å². The predicted octanol–water partition coefficient (Wildman–Crippen LogP) is 4.46. The van der Waals surface area contributed by atoms with E-state index in [1.807, 2.05) is 25.1 Å². The fraction of sp³-hybridized carbons (Fsp3) is 0.562. The summed E-state index contributed by atoms with van der Waals surface area (Å²) < 4.78 is 0.865. The first-order valence-corrected chi connectivity index (χ1v) is 7.84. The van der Waals surface area contributed by atoms with Gasteiger partial charge in [-0.2, -0.15) is 0 Å². The smallest absolute Gasteiger partial charge is 0.252 e. The van der Waals surface area contributed by atoms with Gasteiger partial charge >= 0.3 is 0 Å². The van der Waals surface area contributed by atoms with Gasteiger partial charge in [-0.15, -0.1) is 0 Å². The number of halogens is 1. The Bertz CT molecular complexity index is 464. The summed E-state index contributed by atoms with van der Waals surface area (Å²) in [7, 11) is 0. The van der Waals surface area contributed by atoms with Crippen LogP contribution in [-0.2, 0) is 0 Å². The Balaban J connectivity index is 1.99. The van der Waals surface area contributed by atoms with Gasteiger partial charge in [0.2, 0.25) is 0 Å². The minimum absolute atomic E-state index is 0.0300. The molecule has 0 unspecified atom stereocenters. The van der Waals surface area contributed by atoms with Crippen LogP contribution in [0.5, 0.6) is 0 Å². The molecule has 19 heavy (non-hydrogen) atoms. The largest absolute Gasteiger partial charge is 0.351 e. The van der Waals surface area contributed by atoms with Gasteiger partial charge in [0.15, 0.2) is 0 Å². The van der Waals surface area contributed by atoms with Crippen LogP contribution in [0.15, 0.2) is 22.7 Å². The summed E-state index contributed by atoms with van der Waals surface area (Å²) in [5.74, 6) is 0.0300. The standard InChI is InChI=1S/C16H22BrNO/c1-12-6-7-14(17)13(10-12)15(19)18-11-16(2)8-4-3-5-9-16/h6-7,10H,3-5,8-9,11H2,1-2H3,(H,18,19). The second kappa shape index (κ2) is 6.08. The minimum Gasteiger partial charge on any atom is -0.351 e. The van der Waals surface area contributed by atoms with Crippen LogP contribution in [0, 0.1) is 12.3 Å². The van der Waals surface area contributed by atoms with Crippen LogP contribution in [-0.4, -0.2) is 12.5 Å². The highest BCUT2D eigenvalue weighted by Gasteiger charge is 2.27. The lowest BCUT2D eigenvalue weighted by molar-refractivity contribution is 0.0918. The first kappa shape index (κ1) is 14.6. The third-order valence-electron chi connectivity index (χ3n) is 4.10. The second-order valence-corrected chi connectivity index (χ2v) is 6.89. The van der Waals surface area contributed by atoms with Gasteiger partial charge in [-0.05, 0) is 53.2 Å². The Kier molecular flexibility index (Phi) is 4.67. The number of benzene rings is 1. The summed E-state index contributed by atoms with van der Waals surface area (Å²) in [5, 5.41) is 3.11. The number of hydrogen-bond acceptors (Lipinski definition) is 1. The van der Waals surface area contributed by atoms with Crippen molar-refractivity contribution in [2.24, 2.45) is 5.41 Å². The zero-order valence-corrected chi connectivity index (χ0v) is 13.3. The van der Waals surface area contributed by atoms with Gasteiger partial charge in [-0.3, -0.25) is 4.79 Å². The number of hydrogen-bond donors (Lipinski definition) is 1. The van der Waals surface area contributed by atoms with E-state index in [2.05, 4.69) is 28.2 Å². The molecule has 0 heterocycles. The Hall–Kier alpha value is -0.830. The molecule has 1 aliphatic carbocycles. The Labute approximate surface area is 124 Å². The van der Waals surface area contributed by atoms with Crippen molar-refractivity contribution in [1.82, 2.24) is 5.32 Å². The molecular formula is C16H22BrNO. The Morgan fingerprint density at radius 3 is 2.68 bits per heavy atom. The van der Waals surface area contributed by atoms with Crippen LogP contribution in [0.1, 0.15) is 54.9 Å². The SMILES string of the molecule is Cc1ccc(Br)c(C(=O)NCC2(C)CCCCC2)c1. The molecule has 0 radical (unpaired) electrons. The number of carbonyl (C=O) groups is 1. The van der Waals surface area contributed by atoms with Gasteiger partial charge in [0.25, 0.3) is 5.91 Å². The van der Waals surface area contributed by atoms with Crippen molar-refractivity contribution >= 4 is 21.8 Å². The van der Waals surface area contributed by atoms with E-state index < -0.39 is 0 Å². The van der Waals surface area contributed by atoms with Gasteiger partial charge in [0, 0.05) is 11.0 Å². The topological polar surface area (TPSA) is 29.1 Å².